The average molecular weight is 373 g/mol. The van der Waals surface area contributed by atoms with Crippen molar-refractivity contribution in [2.24, 2.45) is 0 Å². The lowest BCUT2D eigenvalue weighted by Crippen LogP contribution is -2.41. The molecule has 5 nitrogen and oxygen atoms in total. The molecular formula is C14H17BrN2O3S. The minimum atomic E-state index is -0.0999. The summed E-state index contributed by atoms with van der Waals surface area (Å²) in [5.74, 6) is 0.566. The van der Waals surface area contributed by atoms with Crippen molar-refractivity contribution < 1.29 is 14.3 Å². The van der Waals surface area contributed by atoms with E-state index in [1.165, 1.54) is 11.8 Å². The fourth-order valence-corrected chi connectivity index (χ4v) is 2.85. The zero-order valence-electron chi connectivity index (χ0n) is 11.5. The van der Waals surface area contributed by atoms with Crippen LogP contribution in [-0.2, 0) is 14.3 Å². The summed E-state index contributed by atoms with van der Waals surface area (Å²) in [6.07, 6.45) is 0. The Bertz CT molecular complexity index is 489. The van der Waals surface area contributed by atoms with Crippen LogP contribution >= 0.6 is 27.7 Å². The van der Waals surface area contributed by atoms with E-state index in [-0.39, 0.29) is 17.6 Å². The molecule has 1 aliphatic rings. The van der Waals surface area contributed by atoms with Gasteiger partial charge >= 0.3 is 0 Å². The molecule has 1 fully saturated rings. The Morgan fingerprint density at radius 1 is 1.19 bits per heavy atom. The molecule has 1 N–H and O–H groups in total. The molecule has 114 valence electrons. The van der Waals surface area contributed by atoms with Crippen LogP contribution < -0.4 is 5.32 Å². The van der Waals surface area contributed by atoms with E-state index in [1.807, 2.05) is 24.3 Å². The summed E-state index contributed by atoms with van der Waals surface area (Å²) in [6.45, 7) is 2.48. The van der Waals surface area contributed by atoms with Crippen LogP contribution in [-0.4, -0.2) is 54.5 Å². The standard InChI is InChI=1S/C14H17BrN2O3S/c15-11-1-3-12(4-2-11)16-13(18)9-21-10-14(19)17-5-7-20-8-6-17/h1-4H,5-10H2,(H,16,18). The Hall–Kier alpha value is -1.05. The van der Waals surface area contributed by atoms with Gasteiger partial charge in [0.05, 0.1) is 24.7 Å². The summed E-state index contributed by atoms with van der Waals surface area (Å²) in [6, 6.07) is 7.38. The monoisotopic (exact) mass is 372 g/mol. The number of carbonyl (C=O) groups is 2. The molecule has 0 radical (unpaired) electrons. The number of carbonyl (C=O) groups excluding carboxylic acids is 2. The van der Waals surface area contributed by atoms with Gasteiger partial charge in [0.25, 0.3) is 0 Å². The lowest BCUT2D eigenvalue weighted by molar-refractivity contribution is -0.132. The second-order valence-corrected chi connectivity index (χ2v) is 6.44. The van der Waals surface area contributed by atoms with Gasteiger partial charge in [-0.25, -0.2) is 0 Å². The molecule has 0 unspecified atom stereocenters. The summed E-state index contributed by atoms with van der Waals surface area (Å²) in [5.41, 5.74) is 0.753. The molecule has 0 saturated carbocycles. The largest absolute Gasteiger partial charge is 0.378 e. The number of morpholine rings is 1. The Morgan fingerprint density at radius 2 is 1.86 bits per heavy atom. The second-order valence-electron chi connectivity index (χ2n) is 4.54. The third kappa shape index (κ3) is 5.68. The van der Waals surface area contributed by atoms with E-state index in [0.29, 0.717) is 32.1 Å². The van der Waals surface area contributed by atoms with Crippen molar-refractivity contribution in [2.45, 2.75) is 0 Å². The van der Waals surface area contributed by atoms with E-state index in [9.17, 15) is 9.59 Å². The second kappa shape index (κ2) is 8.41. The number of halogens is 1. The maximum absolute atomic E-state index is 11.9. The smallest absolute Gasteiger partial charge is 0.234 e. The van der Waals surface area contributed by atoms with Crippen molar-refractivity contribution in [1.82, 2.24) is 4.90 Å². The van der Waals surface area contributed by atoms with Gasteiger partial charge in [-0.05, 0) is 24.3 Å². The molecular weight excluding hydrogens is 356 g/mol. The highest BCUT2D eigenvalue weighted by Crippen LogP contribution is 2.14. The third-order valence-electron chi connectivity index (χ3n) is 2.95. The van der Waals surface area contributed by atoms with Gasteiger partial charge in [0, 0.05) is 23.2 Å². The van der Waals surface area contributed by atoms with Gasteiger partial charge in [-0.15, -0.1) is 11.8 Å². The molecule has 0 bridgehead atoms. The average Bonchev–Trinajstić information content (AvgIpc) is 2.50. The Morgan fingerprint density at radius 3 is 2.52 bits per heavy atom. The van der Waals surface area contributed by atoms with Crippen LogP contribution in [0.1, 0.15) is 0 Å². The molecule has 0 atom stereocenters. The number of benzene rings is 1. The lowest BCUT2D eigenvalue weighted by atomic mass is 10.3. The molecule has 0 spiro atoms. The number of hydrogen-bond donors (Lipinski definition) is 1. The van der Waals surface area contributed by atoms with E-state index in [4.69, 9.17) is 4.74 Å². The topological polar surface area (TPSA) is 58.6 Å². The maximum Gasteiger partial charge on any atom is 0.234 e. The van der Waals surface area contributed by atoms with Crippen LogP contribution in [0.15, 0.2) is 28.7 Å². The minimum Gasteiger partial charge on any atom is -0.378 e. The highest BCUT2D eigenvalue weighted by molar-refractivity contribution is 9.10. The van der Waals surface area contributed by atoms with E-state index < -0.39 is 0 Å². The Kier molecular flexibility index (Phi) is 6.53. The third-order valence-corrected chi connectivity index (χ3v) is 4.40. The lowest BCUT2D eigenvalue weighted by Gasteiger charge is -2.26. The fourth-order valence-electron chi connectivity index (χ4n) is 1.87. The van der Waals surface area contributed by atoms with Gasteiger partial charge in [-0.3, -0.25) is 9.59 Å². The Balaban J connectivity index is 1.66. The van der Waals surface area contributed by atoms with Crippen LogP contribution in [0.3, 0.4) is 0 Å². The summed E-state index contributed by atoms with van der Waals surface area (Å²) >= 11 is 4.67. The molecule has 7 heteroatoms. The highest BCUT2D eigenvalue weighted by Gasteiger charge is 2.16. The van der Waals surface area contributed by atoms with Crippen molar-refractivity contribution in [2.75, 3.05) is 43.1 Å². The number of thioether (sulfide) groups is 1. The molecule has 1 aliphatic heterocycles. The first-order valence-electron chi connectivity index (χ1n) is 6.64. The summed E-state index contributed by atoms with van der Waals surface area (Å²) in [4.78, 5) is 25.4. The van der Waals surface area contributed by atoms with Gasteiger partial charge < -0.3 is 15.0 Å². The molecule has 2 rings (SSSR count). The Labute approximate surface area is 136 Å². The number of rotatable bonds is 5. The predicted octanol–water partition coefficient (Wildman–Crippen LogP) is 1.98. The molecule has 21 heavy (non-hydrogen) atoms. The molecule has 1 aromatic carbocycles. The quantitative estimate of drug-likeness (QED) is 0.858. The number of anilines is 1. The van der Waals surface area contributed by atoms with Gasteiger partial charge in [0.15, 0.2) is 0 Å². The first-order valence-corrected chi connectivity index (χ1v) is 8.58. The van der Waals surface area contributed by atoms with Crippen LogP contribution in [0.25, 0.3) is 0 Å². The number of hydrogen-bond acceptors (Lipinski definition) is 4. The van der Waals surface area contributed by atoms with E-state index in [1.54, 1.807) is 4.90 Å². The van der Waals surface area contributed by atoms with E-state index in [2.05, 4.69) is 21.2 Å². The summed E-state index contributed by atoms with van der Waals surface area (Å²) in [5, 5.41) is 2.80. The SMILES string of the molecule is O=C(CSCC(=O)N1CCOCC1)Nc1ccc(Br)cc1. The zero-order chi connectivity index (χ0) is 15.1. The molecule has 2 amide bonds. The van der Waals surface area contributed by atoms with Crippen LogP contribution in [0.5, 0.6) is 0 Å². The van der Waals surface area contributed by atoms with Gasteiger partial charge in [0.1, 0.15) is 0 Å². The number of amides is 2. The van der Waals surface area contributed by atoms with Crippen LogP contribution in [0, 0.1) is 0 Å². The van der Waals surface area contributed by atoms with E-state index >= 15 is 0 Å². The van der Waals surface area contributed by atoms with Crippen LogP contribution in [0.4, 0.5) is 5.69 Å². The normalized spacial score (nSPS) is 14.8. The highest BCUT2D eigenvalue weighted by atomic mass is 79.9. The van der Waals surface area contributed by atoms with Gasteiger partial charge in [-0.1, -0.05) is 15.9 Å². The summed E-state index contributed by atoms with van der Waals surface area (Å²) < 4.78 is 6.16. The molecule has 0 aliphatic carbocycles. The fraction of sp³-hybridized carbons (Fsp3) is 0.429. The maximum atomic E-state index is 11.9. The van der Waals surface area contributed by atoms with Gasteiger partial charge in [-0.2, -0.15) is 0 Å². The van der Waals surface area contributed by atoms with Crippen molar-refractivity contribution in [3.63, 3.8) is 0 Å². The summed E-state index contributed by atoms with van der Waals surface area (Å²) in [7, 11) is 0. The van der Waals surface area contributed by atoms with Crippen molar-refractivity contribution in [3.8, 4) is 0 Å². The van der Waals surface area contributed by atoms with Crippen molar-refractivity contribution >= 4 is 45.2 Å². The number of nitrogens with zero attached hydrogens (tertiary/aromatic N) is 1. The van der Waals surface area contributed by atoms with Crippen LogP contribution in [0.2, 0.25) is 0 Å². The van der Waals surface area contributed by atoms with Crippen molar-refractivity contribution in [1.29, 1.82) is 0 Å². The number of ether oxygens (including phenoxy) is 1. The van der Waals surface area contributed by atoms with E-state index in [0.717, 1.165) is 10.2 Å². The van der Waals surface area contributed by atoms with Crippen molar-refractivity contribution in [3.05, 3.63) is 28.7 Å². The molecule has 1 heterocycles. The minimum absolute atomic E-state index is 0.0692. The zero-order valence-corrected chi connectivity index (χ0v) is 13.9. The molecule has 1 saturated heterocycles. The molecule has 1 aromatic rings. The molecule has 0 aromatic heterocycles. The van der Waals surface area contributed by atoms with Gasteiger partial charge in [0.2, 0.25) is 11.8 Å². The first-order chi connectivity index (χ1) is 10.1. The number of nitrogens with one attached hydrogen (secondary N) is 1. The predicted molar refractivity (Wildman–Crippen MR) is 87.5 cm³/mol. The first kappa shape index (κ1) is 16.3.